The summed E-state index contributed by atoms with van der Waals surface area (Å²) in [5.74, 6) is -1.22. The lowest BCUT2D eigenvalue weighted by molar-refractivity contribution is -0.137. The van der Waals surface area contributed by atoms with Crippen molar-refractivity contribution in [1.29, 1.82) is 0 Å². The SMILES string of the molecule is CCC[C@H](CC(=O)O)c1cccc(F)c1. The molecule has 0 radical (unpaired) electrons. The largest absolute Gasteiger partial charge is 0.481 e. The van der Waals surface area contributed by atoms with Crippen molar-refractivity contribution in [2.45, 2.75) is 32.1 Å². The fourth-order valence-corrected chi connectivity index (χ4v) is 1.71. The molecule has 1 N–H and O–H groups in total. The highest BCUT2D eigenvalue weighted by Gasteiger charge is 2.14. The lowest BCUT2D eigenvalue weighted by Crippen LogP contribution is -2.06. The van der Waals surface area contributed by atoms with E-state index >= 15 is 0 Å². The van der Waals surface area contributed by atoms with E-state index < -0.39 is 5.97 Å². The van der Waals surface area contributed by atoms with E-state index in [0.717, 1.165) is 18.4 Å². The fraction of sp³-hybridized carbons (Fsp3) is 0.417. The molecule has 0 aliphatic rings. The minimum Gasteiger partial charge on any atom is -0.481 e. The highest BCUT2D eigenvalue weighted by molar-refractivity contribution is 5.68. The molecule has 15 heavy (non-hydrogen) atoms. The first kappa shape index (κ1) is 11.7. The maximum atomic E-state index is 13.0. The molecule has 1 aromatic carbocycles. The van der Waals surface area contributed by atoms with Crippen molar-refractivity contribution in [2.75, 3.05) is 0 Å². The minimum atomic E-state index is -0.835. The van der Waals surface area contributed by atoms with Gasteiger partial charge in [-0.2, -0.15) is 0 Å². The molecule has 3 heteroatoms. The standard InChI is InChI=1S/C12H15FO2/c1-2-4-9(8-12(14)15)10-5-3-6-11(13)7-10/h3,5-7,9H,2,4,8H2,1H3,(H,14,15)/t9-/m1/s1. The van der Waals surface area contributed by atoms with Gasteiger partial charge >= 0.3 is 5.97 Å². The van der Waals surface area contributed by atoms with Gasteiger partial charge in [0.2, 0.25) is 0 Å². The molecule has 82 valence electrons. The van der Waals surface area contributed by atoms with Gasteiger partial charge in [0.1, 0.15) is 5.82 Å². The molecule has 1 aromatic rings. The van der Waals surface area contributed by atoms with Gasteiger partial charge < -0.3 is 5.11 Å². The number of carboxylic acids is 1. The Hall–Kier alpha value is -1.38. The summed E-state index contributed by atoms with van der Waals surface area (Å²) in [6.45, 7) is 1.99. The molecule has 0 aliphatic heterocycles. The van der Waals surface area contributed by atoms with Crippen LogP contribution >= 0.6 is 0 Å². The van der Waals surface area contributed by atoms with Crippen LogP contribution in [0.1, 0.15) is 37.7 Å². The molecule has 0 unspecified atom stereocenters. The van der Waals surface area contributed by atoms with Crippen molar-refractivity contribution >= 4 is 5.97 Å². The molecule has 0 saturated carbocycles. The van der Waals surface area contributed by atoms with E-state index in [2.05, 4.69) is 0 Å². The number of benzene rings is 1. The van der Waals surface area contributed by atoms with E-state index in [4.69, 9.17) is 5.11 Å². The molecule has 0 saturated heterocycles. The molecule has 0 aromatic heterocycles. The van der Waals surface area contributed by atoms with E-state index in [9.17, 15) is 9.18 Å². The minimum absolute atomic E-state index is 0.0668. The van der Waals surface area contributed by atoms with E-state index in [-0.39, 0.29) is 18.2 Å². The highest BCUT2D eigenvalue weighted by Crippen LogP contribution is 2.25. The fourth-order valence-electron chi connectivity index (χ4n) is 1.71. The third-order valence-electron chi connectivity index (χ3n) is 2.38. The Kier molecular flexibility index (Phi) is 4.28. The van der Waals surface area contributed by atoms with E-state index in [1.165, 1.54) is 12.1 Å². The number of carboxylic acid groups (broad SMARTS) is 1. The summed E-state index contributed by atoms with van der Waals surface area (Å²) < 4.78 is 13.0. The Morgan fingerprint density at radius 3 is 2.80 bits per heavy atom. The first-order chi connectivity index (χ1) is 7.13. The summed E-state index contributed by atoms with van der Waals surface area (Å²) in [4.78, 5) is 10.6. The summed E-state index contributed by atoms with van der Waals surface area (Å²) in [5, 5.41) is 8.75. The molecule has 0 spiro atoms. The monoisotopic (exact) mass is 210 g/mol. The van der Waals surface area contributed by atoms with Crippen molar-refractivity contribution in [3.63, 3.8) is 0 Å². The highest BCUT2D eigenvalue weighted by atomic mass is 19.1. The molecule has 0 heterocycles. The van der Waals surface area contributed by atoms with Gasteiger partial charge in [-0.3, -0.25) is 4.79 Å². The van der Waals surface area contributed by atoms with Gasteiger partial charge in [0.15, 0.2) is 0 Å². The van der Waals surface area contributed by atoms with E-state index in [0.29, 0.717) is 0 Å². The Labute approximate surface area is 88.7 Å². The Bertz CT molecular complexity index is 336. The van der Waals surface area contributed by atoms with Crippen molar-refractivity contribution in [3.8, 4) is 0 Å². The molecular formula is C12H15FO2. The van der Waals surface area contributed by atoms with Crippen LogP contribution in [0.25, 0.3) is 0 Å². The van der Waals surface area contributed by atoms with Crippen molar-refractivity contribution in [2.24, 2.45) is 0 Å². The van der Waals surface area contributed by atoms with Crippen molar-refractivity contribution in [1.82, 2.24) is 0 Å². The smallest absolute Gasteiger partial charge is 0.303 e. The van der Waals surface area contributed by atoms with E-state index in [1.54, 1.807) is 12.1 Å². The zero-order valence-corrected chi connectivity index (χ0v) is 8.74. The third-order valence-corrected chi connectivity index (χ3v) is 2.38. The van der Waals surface area contributed by atoms with Gasteiger partial charge in [-0.15, -0.1) is 0 Å². The number of halogens is 1. The predicted molar refractivity (Wildman–Crippen MR) is 56.3 cm³/mol. The number of rotatable bonds is 5. The van der Waals surface area contributed by atoms with Crippen LogP contribution in [-0.2, 0) is 4.79 Å². The van der Waals surface area contributed by atoms with Crippen LogP contribution in [0, 0.1) is 5.82 Å². The average molecular weight is 210 g/mol. The summed E-state index contributed by atoms with van der Waals surface area (Å²) in [6, 6.07) is 6.19. The third kappa shape index (κ3) is 3.70. The van der Waals surface area contributed by atoms with Crippen molar-refractivity contribution < 1.29 is 14.3 Å². The van der Waals surface area contributed by atoms with Crippen LogP contribution in [0.2, 0.25) is 0 Å². The Balaban J connectivity index is 2.83. The molecule has 1 rings (SSSR count). The summed E-state index contributed by atoms with van der Waals surface area (Å²) in [6.07, 6.45) is 1.74. The van der Waals surface area contributed by atoms with Gasteiger partial charge in [0.05, 0.1) is 6.42 Å². The normalized spacial score (nSPS) is 12.4. The zero-order chi connectivity index (χ0) is 11.3. The second-order valence-electron chi connectivity index (χ2n) is 3.64. The quantitative estimate of drug-likeness (QED) is 0.810. The van der Waals surface area contributed by atoms with Crippen LogP contribution in [0.4, 0.5) is 4.39 Å². The molecule has 0 amide bonds. The van der Waals surface area contributed by atoms with Crippen LogP contribution in [0.5, 0.6) is 0 Å². The van der Waals surface area contributed by atoms with Gasteiger partial charge in [-0.1, -0.05) is 25.5 Å². The molecule has 0 fully saturated rings. The van der Waals surface area contributed by atoms with Crippen LogP contribution < -0.4 is 0 Å². The van der Waals surface area contributed by atoms with Crippen molar-refractivity contribution in [3.05, 3.63) is 35.6 Å². The first-order valence-electron chi connectivity index (χ1n) is 5.10. The molecule has 1 atom stereocenters. The van der Waals surface area contributed by atoms with Gasteiger partial charge in [-0.05, 0) is 30.0 Å². The molecule has 0 aliphatic carbocycles. The second kappa shape index (κ2) is 5.49. The second-order valence-corrected chi connectivity index (χ2v) is 3.64. The maximum absolute atomic E-state index is 13.0. The summed E-state index contributed by atoms with van der Waals surface area (Å²) in [7, 11) is 0. The lowest BCUT2D eigenvalue weighted by atomic mass is 9.91. The van der Waals surface area contributed by atoms with Crippen LogP contribution in [0.15, 0.2) is 24.3 Å². The van der Waals surface area contributed by atoms with Crippen LogP contribution in [0.3, 0.4) is 0 Å². The lowest BCUT2D eigenvalue weighted by Gasteiger charge is -2.14. The van der Waals surface area contributed by atoms with E-state index in [1.807, 2.05) is 6.92 Å². The Morgan fingerprint density at radius 2 is 2.27 bits per heavy atom. The van der Waals surface area contributed by atoms with Gasteiger partial charge in [0, 0.05) is 0 Å². The topological polar surface area (TPSA) is 37.3 Å². The van der Waals surface area contributed by atoms with Gasteiger partial charge in [-0.25, -0.2) is 4.39 Å². The average Bonchev–Trinajstić information content (AvgIpc) is 2.16. The number of hydrogen-bond donors (Lipinski definition) is 1. The molecular weight excluding hydrogens is 195 g/mol. The Morgan fingerprint density at radius 1 is 1.53 bits per heavy atom. The number of carbonyl (C=O) groups is 1. The first-order valence-corrected chi connectivity index (χ1v) is 5.10. The molecule has 0 bridgehead atoms. The summed E-state index contributed by atoms with van der Waals surface area (Å²) in [5.41, 5.74) is 0.777. The molecule has 2 nitrogen and oxygen atoms in total. The maximum Gasteiger partial charge on any atom is 0.303 e. The predicted octanol–water partition coefficient (Wildman–Crippen LogP) is 3.18. The summed E-state index contributed by atoms with van der Waals surface area (Å²) >= 11 is 0. The number of aliphatic carboxylic acids is 1. The van der Waals surface area contributed by atoms with Gasteiger partial charge in [0.25, 0.3) is 0 Å². The zero-order valence-electron chi connectivity index (χ0n) is 8.74. The number of hydrogen-bond acceptors (Lipinski definition) is 1. The van der Waals surface area contributed by atoms with Crippen LogP contribution in [-0.4, -0.2) is 11.1 Å².